The molecule has 1 aromatic heterocycles. The van der Waals surface area contributed by atoms with Crippen molar-refractivity contribution in [1.82, 2.24) is 4.98 Å². The molecule has 2 aromatic rings. The van der Waals surface area contributed by atoms with E-state index in [-0.39, 0.29) is 25.9 Å². The summed E-state index contributed by atoms with van der Waals surface area (Å²) < 4.78 is 12.8. The number of rotatable bonds is 2. The Balaban J connectivity index is 0.00000144. The largest absolute Gasteiger partial charge is 0.305 e. The van der Waals surface area contributed by atoms with Crippen LogP contribution in [0.4, 0.5) is 4.39 Å². The third-order valence-corrected chi connectivity index (χ3v) is 2.50. The summed E-state index contributed by atoms with van der Waals surface area (Å²) in [6, 6.07) is 11.4. The first-order valence-corrected chi connectivity index (χ1v) is 5.30. The van der Waals surface area contributed by atoms with Gasteiger partial charge in [0.2, 0.25) is 0 Å². The fourth-order valence-electron chi connectivity index (χ4n) is 1.52. The maximum atomic E-state index is 12.8. The zero-order valence-corrected chi connectivity index (χ0v) is 12.1. The summed E-state index contributed by atoms with van der Waals surface area (Å²) in [6.45, 7) is 4.26. The Kier molecular flexibility index (Phi) is 4.98. The molecule has 0 saturated carbocycles. The van der Waals surface area contributed by atoms with Gasteiger partial charge in [-0.25, -0.2) is 0 Å². The van der Waals surface area contributed by atoms with E-state index in [1.807, 2.05) is 12.1 Å². The zero-order chi connectivity index (χ0) is 11.5. The Labute approximate surface area is 114 Å². The molecule has 0 amide bonds. The Bertz CT molecular complexity index is 480. The molecule has 0 saturated heterocycles. The molecule has 0 aliphatic carbocycles. The number of hydrogen-bond acceptors (Lipinski definition) is 1. The predicted molar refractivity (Wildman–Crippen MR) is 62.6 cm³/mol. The summed E-state index contributed by atoms with van der Waals surface area (Å²) >= 11 is 0. The summed E-state index contributed by atoms with van der Waals surface area (Å²) in [6.07, 6.45) is 1.78. The van der Waals surface area contributed by atoms with E-state index in [2.05, 4.69) is 24.9 Å². The fourth-order valence-corrected chi connectivity index (χ4v) is 1.52. The zero-order valence-electron chi connectivity index (χ0n) is 9.70. The van der Waals surface area contributed by atoms with Crippen LogP contribution in [0.25, 0.3) is 11.3 Å². The monoisotopic (exact) mass is 407 g/mol. The molecule has 0 atom stereocenters. The predicted octanol–water partition coefficient (Wildman–Crippen LogP) is 3.81. The molecule has 0 aliphatic heterocycles. The molecule has 91 valence electrons. The summed E-state index contributed by atoms with van der Waals surface area (Å²) in [7, 11) is 0. The molecule has 0 N–H and O–H groups in total. The summed E-state index contributed by atoms with van der Waals surface area (Å²) in [5.74, 6) is 0.186. The van der Waals surface area contributed by atoms with Crippen molar-refractivity contribution in [3.05, 3.63) is 54.0 Å². The van der Waals surface area contributed by atoms with Crippen LogP contribution in [0, 0.1) is 11.9 Å². The molecular formula is C14H13FIrN-. The minimum Gasteiger partial charge on any atom is -0.305 e. The fraction of sp³-hybridized carbons (Fsp3) is 0.214. The van der Waals surface area contributed by atoms with E-state index in [4.69, 9.17) is 0 Å². The van der Waals surface area contributed by atoms with Crippen LogP contribution in [-0.4, -0.2) is 4.98 Å². The number of benzene rings is 1. The minimum absolute atomic E-state index is 0. The molecule has 0 bridgehead atoms. The number of nitrogens with zero attached hydrogens (tertiary/aromatic N) is 1. The molecule has 1 nitrogen and oxygen atoms in total. The van der Waals surface area contributed by atoms with E-state index in [1.54, 1.807) is 12.3 Å². The Morgan fingerprint density at radius 2 is 2.00 bits per heavy atom. The van der Waals surface area contributed by atoms with Crippen molar-refractivity contribution < 1.29 is 24.5 Å². The van der Waals surface area contributed by atoms with Gasteiger partial charge in [0.05, 0.1) is 0 Å². The molecular weight excluding hydrogens is 393 g/mol. The van der Waals surface area contributed by atoms with E-state index in [0.717, 1.165) is 11.3 Å². The topological polar surface area (TPSA) is 12.9 Å². The van der Waals surface area contributed by atoms with Gasteiger partial charge in [-0.2, -0.15) is 0 Å². The van der Waals surface area contributed by atoms with Gasteiger partial charge in [-0.1, -0.05) is 25.5 Å². The van der Waals surface area contributed by atoms with E-state index < -0.39 is 0 Å². The average Bonchev–Trinajstić information content (AvgIpc) is 2.30. The van der Waals surface area contributed by atoms with E-state index in [0.29, 0.717) is 5.92 Å². The smallest absolute Gasteiger partial charge is 0.0379 e. The maximum Gasteiger partial charge on any atom is 0.0379 e. The third-order valence-electron chi connectivity index (χ3n) is 2.50. The Hall–Kier alpha value is -1.05. The first-order valence-electron chi connectivity index (χ1n) is 5.30. The van der Waals surface area contributed by atoms with Crippen LogP contribution in [0.1, 0.15) is 25.3 Å². The summed E-state index contributed by atoms with van der Waals surface area (Å²) in [5.41, 5.74) is 2.89. The molecule has 3 heteroatoms. The molecule has 0 spiro atoms. The van der Waals surface area contributed by atoms with Gasteiger partial charge < -0.3 is 4.98 Å². The first kappa shape index (κ1) is 14.0. The van der Waals surface area contributed by atoms with Crippen molar-refractivity contribution in [3.63, 3.8) is 0 Å². The maximum absolute atomic E-state index is 12.8. The molecule has 0 unspecified atom stereocenters. The second kappa shape index (κ2) is 6.04. The van der Waals surface area contributed by atoms with Crippen LogP contribution in [-0.2, 0) is 20.1 Å². The van der Waals surface area contributed by atoms with Crippen LogP contribution in [0.15, 0.2) is 36.5 Å². The van der Waals surface area contributed by atoms with Crippen molar-refractivity contribution in [3.8, 4) is 11.3 Å². The molecule has 2 rings (SSSR count). The SMILES string of the molecule is CC(C)c1ccnc(-c2[c-]cc(F)cc2)c1.[Ir]. The van der Waals surface area contributed by atoms with Crippen molar-refractivity contribution >= 4 is 0 Å². The number of aromatic nitrogens is 1. The summed E-state index contributed by atoms with van der Waals surface area (Å²) in [5, 5.41) is 0. The second-order valence-electron chi connectivity index (χ2n) is 4.05. The molecule has 1 heterocycles. The van der Waals surface area contributed by atoms with Gasteiger partial charge in [0, 0.05) is 32.1 Å². The van der Waals surface area contributed by atoms with E-state index >= 15 is 0 Å². The third kappa shape index (κ3) is 3.45. The Morgan fingerprint density at radius 3 is 2.59 bits per heavy atom. The minimum atomic E-state index is -0.274. The van der Waals surface area contributed by atoms with Crippen molar-refractivity contribution in [2.24, 2.45) is 0 Å². The molecule has 0 fully saturated rings. The number of halogens is 1. The van der Waals surface area contributed by atoms with Gasteiger partial charge in [-0.15, -0.1) is 29.8 Å². The van der Waals surface area contributed by atoms with Gasteiger partial charge in [0.25, 0.3) is 0 Å². The van der Waals surface area contributed by atoms with Crippen molar-refractivity contribution in [2.75, 3.05) is 0 Å². The van der Waals surface area contributed by atoms with Crippen LogP contribution >= 0.6 is 0 Å². The van der Waals surface area contributed by atoms with Gasteiger partial charge in [-0.05, 0) is 17.7 Å². The molecule has 17 heavy (non-hydrogen) atoms. The van der Waals surface area contributed by atoms with Crippen molar-refractivity contribution in [2.45, 2.75) is 19.8 Å². The van der Waals surface area contributed by atoms with Gasteiger partial charge in [0.1, 0.15) is 0 Å². The van der Waals surface area contributed by atoms with E-state index in [9.17, 15) is 4.39 Å². The second-order valence-corrected chi connectivity index (χ2v) is 4.05. The van der Waals surface area contributed by atoms with Gasteiger partial charge in [-0.3, -0.25) is 4.39 Å². The molecule has 1 radical (unpaired) electrons. The van der Waals surface area contributed by atoms with Crippen LogP contribution < -0.4 is 0 Å². The Morgan fingerprint density at radius 1 is 1.24 bits per heavy atom. The van der Waals surface area contributed by atoms with Crippen LogP contribution in [0.3, 0.4) is 0 Å². The number of pyridine rings is 1. The number of hydrogen-bond donors (Lipinski definition) is 0. The quantitative estimate of drug-likeness (QED) is 0.692. The summed E-state index contributed by atoms with van der Waals surface area (Å²) in [4.78, 5) is 4.27. The molecule has 0 aliphatic rings. The van der Waals surface area contributed by atoms with E-state index in [1.165, 1.54) is 17.7 Å². The average molecular weight is 406 g/mol. The van der Waals surface area contributed by atoms with Gasteiger partial charge >= 0.3 is 0 Å². The molecule has 1 aromatic carbocycles. The standard InChI is InChI=1S/C14H13FN.Ir/c1-10(2)12-7-8-16-14(9-12)11-3-5-13(15)6-4-11;/h3,5-10H,1-2H3;/q-1;. The first-order chi connectivity index (χ1) is 7.66. The normalized spacial score (nSPS) is 10.1. The van der Waals surface area contributed by atoms with Crippen LogP contribution in [0.5, 0.6) is 0 Å². The van der Waals surface area contributed by atoms with Crippen LogP contribution in [0.2, 0.25) is 0 Å². The van der Waals surface area contributed by atoms with Crippen molar-refractivity contribution in [1.29, 1.82) is 0 Å². The van der Waals surface area contributed by atoms with Gasteiger partial charge in [0.15, 0.2) is 0 Å².